The molecule has 0 spiro atoms. The Labute approximate surface area is 108 Å². The average molecular weight is 332 g/mol. The summed E-state index contributed by atoms with van der Waals surface area (Å²) >= 11 is 2.16. The number of rotatable bonds is 6. The molecule has 0 radical (unpaired) electrons. The third kappa shape index (κ3) is 4.74. The van der Waals surface area contributed by atoms with Gasteiger partial charge in [0, 0.05) is 22.0 Å². The molecule has 0 amide bonds. The highest BCUT2D eigenvalue weighted by atomic mass is 127. The summed E-state index contributed by atoms with van der Waals surface area (Å²) in [5.41, 5.74) is 0.710. The minimum Gasteiger partial charge on any atom is -0.481 e. The standard InChI is InChI=1S/C12H13IO3/c13-10-5-3-4-9(8-10)11(14)6-1-2-7-12(15)16/h3-5,8H,1-2,6-7H2,(H,15,16). The molecule has 4 heteroatoms. The number of carboxylic acid groups (broad SMARTS) is 1. The lowest BCUT2D eigenvalue weighted by molar-refractivity contribution is -0.137. The summed E-state index contributed by atoms with van der Waals surface area (Å²) in [5.74, 6) is -0.717. The smallest absolute Gasteiger partial charge is 0.303 e. The monoisotopic (exact) mass is 332 g/mol. The molecule has 0 bridgehead atoms. The Morgan fingerprint density at radius 2 is 1.88 bits per heavy atom. The SMILES string of the molecule is O=C(O)CCCCC(=O)c1cccc(I)c1. The van der Waals surface area contributed by atoms with E-state index in [0.717, 1.165) is 3.57 Å². The number of aliphatic carboxylic acids is 1. The van der Waals surface area contributed by atoms with Crippen molar-refractivity contribution in [1.82, 2.24) is 0 Å². The van der Waals surface area contributed by atoms with Crippen LogP contribution in [0.2, 0.25) is 0 Å². The fraction of sp³-hybridized carbons (Fsp3) is 0.333. The lowest BCUT2D eigenvalue weighted by Crippen LogP contribution is -2.00. The Bertz CT molecular complexity index is 388. The third-order valence-electron chi connectivity index (χ3n) is 2.19. The van der Waals surface area contributed by atoms with Crippen molar-refractivity contribution in [3.63, 3.8) is 0 Å². The van der Waals surface area contributed by atoms with Gasteiger partial charge in [0.15, 0.2) is 5.78 Å². The largest absolute Gasteiger partial charge is 0.481 e. The van der Waals surface area contributed by atoms with Gasteiger partial charge in [-0.05, 0) is 47.6 Å². The van der Waals surface area contributed by atoms with Crippen molar-refractivity contribution < 1.29 is 14.7 Å². The average Bonchev–Trinajstić information content (AvgIpc) is 2.24. The molecule has 1 N–H and O–H groups in total. The molecule has 86 valence electrons. The third-order valence-corrected chi connectivity index (χ3v) is 2.86. The zero-order valence-corrected chi connectivity index (χ0v) is 10.9. The minimum absolute atomic E-state index is 0.0869. The summed E-state index contributed by atoms with van der Waals surface area (Å²) in [6, 6.07) is 7.43. The van der Waals surface area contributed by atoms with E-state index in [4.69, 9.17) is 5.11 Å². The van der Waals surface area contributed by atoms with E-state index in [-0.39, 0.29) is 12.2 Å². The molecule has 0 saturated carbocycles. The van der Waals surface area contributed by atoms with E-state index >= 15 is 0 Å². The molecule has 0 aliphatic heterocycles. The molecule has 1 aromatic rings. The topological polar surface area (TPSA) is 54.4 Å². The number of carbonyl (C=O) groups is 2. The molecule has 0 aromatic heterocycles. The van der Waals surface area contributed by atoms with Gasteiger partial charge in [-0.1, -0.05) is 12.1 Å². The number of ketones is 1. The van der Waals surface area contributed by atoms with Gasteiger partial charge in [0.2, 0.25) is 0 Å². The first-order chi connectivity index (χ1) is 7.59. The maximum Gasteiger partial charge on any atom is 0.303 e. The molecule has 0 saturated heterocycles. The second-order valence-corrected chi connectivity index (χ2v) is 4.78. The zero-order chi connectivity index (χ0) is 12.0. The minimum atomic E-state index is -0.804. The Morgan fingerprint density at radius 1 is 1.19 bits per heavy atom. The summed E-state index contributed by atoms with van der Waals surface area (Å²) in [5, 5.41) is 8.45. The molecular formula is C12H13IO3. The molecule has 0 heterocycles. The summed E-state index contributed by atoms with van der Waals surface area (Å²) < 4.78 is 1.04. The van der Waals surface area contributed by atoms with Crippen molar-refractivity contribution in [2.75, 3.05) is 0 Å². The zero-order valence-electron chi connectivity index (χ0n) is 8.78. The summed E-state index contributed by atoms with van der Waals surface area (Å²) in [7, 11) is 0. The lowest BCUT2D eigenvalue weighted by atomic mass is 10.1. The van der Waals surface area contributed by atoms with Crippen LogP contribution in [-0.4, -0.2) is 16.9 Å². The van der Waals surface area contributed by atoms with Crippen molar-refractivity contribution in [3.8, 4) is 0 Å². The van der Waals surface area contributed by atoms with Crippen LogP contribution in [0.4, 0.5) is 0 Å². The Kier molecular flexibility index (Phi) is 5.45. The number of halogens is 1. The highest BCUT2D eigenvalue weighted by Gasteiger charge is 2.06. The fourth-order valence-electron chi connectivity index (χ4n) is 1.37. The van der Waals surface area contributed by atoms with Crippen LogP contribution in [0.1, 0.15) is 36.0 Å². The van der Waals surface area contributed by atoms with E-state index in [1.54, 1.807) is 6.07 Å². The van der Waals surface area contributed by atoms with Crippen LogP contribution in [0.25, 0.3) is 0 Å². The number of hydrogen-bond donors (Lipinski definition) is 1. The van der Waals surface area contributed by atoms with Gasteiger partial charge in [0.1, 0.15) is 0 Å². The molecule has 1 aromatic carbocycles. The van der Waals surface area contributed by atoms with Crippen molar-refractivity contribution in [1.29, 1.82) is 0 Å². The number of benzene rings is 1. The second-order valence-electron chi connectivity index (χ2n) is 3.53. The Hall–Kier alpha value is -0.910. The van der Waals surface area contributed by atoms with Crippen molar-refractivity contribution in [2.24, 2.45) is 0 Å². The van der Waals surface area contributed by atoms with Gasteiger partial charge >= 0.3 is 5.97 Å². The molecule has 0 aliphatic rings. The van der Waals surface area contributed by atoms with Gasteiger partial charge in [0.25, 0.3) is 0 Å². The highest BCUT2D eigenvalue weighted by Crippen LogP contribution is 2.12. The van der Waals surface area contributed by atoms with Crippen LogP contribution in [0.3, 0.4) is 0 Å². The van der Waals surface area contributed by atoms with Crippen molar-refractivity contribution >= 4 is 34.3 Å². The predicted octanol–water partition coefficient (Wildman–Crippen LogP) is 3.12. The Balaban J connectivity index is 2.38. The van der Waals surface area contributed by atoms with Crippen LogP contribution in [0.15, 0.2) is 24.3 Å². The quantitative estimate of drug-likeness (QED) is 0.495. The Morgan fingerprint density at radius 3 is 2.50 bits per heavy atom. The number of carbonyl (C=O) groups excluding carboxylic acids is 1. The van der Waals surface area contributed by atoms with Gasteiger partial charge in [-0.3, -0.25) is 9.59 Å². The number of Topliss-reactive ketones (excluding diaryl/α,β-unsaturated/α-hetero) is 1. The van der Waals surface area contributed by atoms with Crippen LogP contribution < -0.4 is 0 Å². The molecule has 0 aliphatic carbocycles. The molecule has 0 fully saturated rings. The maximum atomic E-state index is 11.7. The van der Waals surface area contributed by atoms with Crippen LogP contribution in [0.5, 0.6) is 0 Å². The lowest BCUT2D eigenvalue weighted by Gasteiger charge is -2.01. The van der Waals surface area contributed by atoms with E-state index in [0.29, 0.717) is 24.8 Å². The number of hydrogen-bond acceptors (Lipinski definition) is 2. The van der Waals surface area contributed by atoms with E-state index in [1.165, 1.54) is 0 Å². The maximum absolute atomic E-state index is 11.7. The van der Waals surface area contributed by atoms with Crippen LogP contribution in [-0.2, 0) is 4.79 Å². The molecule has 0 atom stereocenters. The number of carboxylic acids is 1. The number of unbranched alkanes of at least 4 members (excludes halogenated alkanes) is 1. The van der Waals surface area contributed by atoms with Crippen LogP contribution in [0, 0.1) is 3.57 Å². The van der Waals surface area contributed by atoms with Gasteiger partial charge < -0.3 is 5.11 Å². The molecule has 3 nitrogen and oxygen atoms in total. The van der Waals surface area contributed by atoms with E-state index in [2.05, 4.69) is 22.6 Å². The first kappa shape index (κ1) is 13.2. The van der Waals surface area contributed by atoms with Gasteiger partial charge in [-0.15, -0.1) is 0 Å². The van der Waals surface area contributed by atoms with E-state index in [1.807, 2.05) is 18.2 Å². The first-order valence-corrected chi connectivity index (χ1v) is 6.18. The highest BCUT2D eigenvalue weighted by molar-refractivity contribution is 14.1. The molecule has 16 heavy (non-hydrogen) atoms. The van der Waals surface area contributed by atoms with Gasteiger partial charge in [-0.2, -0.15) is 0 Å². The summed E-state index contributed by atoms with van der Waals surface area (Å²) in [6.45, 7) is 0. The summed E-state index contributed by atoms with van der Waals surface area (Å²) in [6.07, 6.45) is 1.76. The first-order valence-electron chi connectivity index (χ1n) is 5.10. The normalized spacial score (nSPS) is 10.1. The summed E-state index contributed by atoms with van der Waals surface area (Å²) in [4.78, 5) is 22.0. The molecule has 1 rings (SSSR count). The second kappa shape index (κ2) is 6.62. The van der Waals surface area contributed by atoms with Gasteiger partial charge in [-0.25, -0.2) is 0 Å². The van der Waals surface area contributed by atoms with Crippen molar-refractivity contribution in [3.05, 3.63) is 33.4 Å². The van der Waals surface area contributed by atoms with Crippen LogP contribution >= 0.6 is 22.6 Å². The van der Waals surface area contributed by atoms with E-state index < -0.39 is 5.97 Å². The predicted molar refractivity (Wildman–Crippen MR) is 69.6 cm³/mol. The van der Waals surface area contributed by atoms with Crippen molar-refractivity contribution in [2.45, 2.75) is 25.7 Å². The molecule has 0 unspecified atom stereocenters. The van der Waals surface area contributed by atoms with E-state index in [9.17, 15) is 9.59 Å². The van der Waals surface area contributed by atoms with Gasteiger partial charge in [0.05, 0.1) is 0 Å². The fourth-order valence-corrected chi connectivity index (χ4v) is 1.91. The molecular weight excluding hydrogens is 319 g/mol.